The minimum Gasteiger partial charge on any atom is -0.483 e. The molecule has 0 unspecified atom stereocenters. The Labute approximate surface area is 159 Å². The van der Waals surface area contributed by atoms with Gasteiger partial charge in [0.2, 0.25) is 0 Å². The third-order valence-corrected chi connectivity index (χ3v) is 3.81. The monoisotopic (exact) mass is 413 g/mol. The molecule has 132 valence electrons. The Morgan fingerprint density at radius 1 is 1.27 bits per heavy atom. The van der Waals surface area contributed by atoms with Crippen molar-refractivity contribution in [3.05, 3.63) is 63.6 Å². The number of nitrogens with two attached hydrogens (primary N) is 1. The largest absolute Gasteiger partial charge is 0.483 e. The fourth-order valence-corrected chi connectivity index (χ4v) is 2.43. The van der Waals surface area contributed by atoms with Crippen LogP contribution < -0.4 is 15.8 Å². The van der Waals surface area contributed by atoms with Gasteiger partial charge in [-0.1, -0.05) is 33.6 Å². The smallest absolute Gasteiger partial charge is 0.266 e. The highest BCUT2D eigenvalue weighted by Gasteiger charge is 2.12. The van der Waals surface area contributed by atoms with Gasteiger partial charge in [0.15, 0.2) is 6.61 Å². The predicted octanol–water partition coefficient (Wildman–Crippen LogP) is 3.17. The van der Waals surface area contributed by atoms with E-state index >= 15 is 0 Å². The topological polar surface area (TPSA) is 105 Å². The molecule has 0 atom stereocenters. The van der Waals surface area contributed by atoms with E-state index in [2.05, 4.69) is 21.2 Å². The summed E-state index contributed by atoms with van der Waals surface area (Å²) in [6.07, 6.45) is 1.39. The molecule has 2 rings (SSSR count). The molecule has 0 saturated heterocycles. The number of halogens is 1. The molecule has 0 radical (unpaired) electrons. The molecule has 3 N–H and O–H groups in total. The van der Waals surface area contributed by atoms with Gasteiger partial charge in [-0.2, -0.15) is 5.26 Å². The quantitative estimate of drug-likeness (QED) is 0.560. The lowest BCUT2D eigenvalue weighted by Crippen LogP contribution is -2.20. The van der Waals surface area contributed by atoms with E-state index in [1.165, 1.54) is 6.08 Å². The number of nitrogens with one attached hydrogen (secondary N) is 1. The van der Waals surface area contributed by atoms with Crippen molar-refractivity contribution in [3.8, 4) is 11.8 Å². The summed E-state index contributed by atoms with van der Waals surface area (Å²) < 4.78 is 6.06. The van der Waals surface area contributed by atoms with E-state index < -0.39 is 11.8 Å². The number of hydrogen-bond donors (Lipinski definition) is 2. The minimum absolute atomic E-state index is 0.104. The lowest BCUT2D eigenvalue weighted by molar-refractivity contribution is -0.120. The zero-order valence-corrected chi connectivity index (χ0v) is 15.5. The second kappa shape index (κ2) is 8.83. The van der Waals surface area contributed by atoms with Gasteiger partial charge in [0.25, 0.3) is 11.8 Å². The molecule has 0 fully saturated rings. The number of anilines is 1. The summed E-state index contributed by atoms with van der Waals surface area (Å²) in [5.74, 6) is -0.833. The van der Waals surface area contributed by atoms with Crippen LogP contribution in [0, 0.1) is 18.3 Å². The minimum atomic E-state index is -0.625. The summed E-state index contributed by atoms with van der Waals surface area (Å²) >= 11 is 3.33. The van der Waals surface area contributed by atoms with E-state index in [0.29, 0.717) is 17.0 Å². The van der Waals surface area contributed by atoms with Crippen molar-refractivity contribution in [2.24, 2.45) is 5.73 Å². The SMILES string of the molecule is Cc1ccc(NC(=O)/C(C#N)=C/c2cc(Br)ccc2OCC(N)=O)cc1. The van der Waals surface area contributed by atoms with E-state index in [1.54, 1.807) is 30.3 Å². The van der Waals surface area contributed by atoms with Crippen molar-refractivity contribution < 1.29 is 14.3 Å². The molecule has 0 saturated carbocycles. The molecule has 0 aliphatic rings. The summed E-state index contributed by atoms with van der Waals surface area (Å²) in [5.41, 5.74) is 7.10. The van der Waals surface area contributed by atoms with Crippen LogP contribution in [-0.2, 0) is 9.59 Å². The molecular formula is C19H16BrN3O3. The van der Waals surface area contributed by atoms with Crippen LogP contribution in [0.1, 0.15) is 11.1 Å². The number of primary amides is 1. The first-order valence-corrected chi connectivity index (χ1v) is 8.39. The maximum Gasteiger partial charge on any atom is 0.266 e. The molecule has 0 heterocycles. The lowest BCUT2D eigenvalue weighted by Gasteiger charge is -2.09. The van der Waals surface area contributed by atoms with Crippen LogP contribution in [-0.4, -0.2) is 18.4 Å². The Balaban J connectivity index is 2.28. The number of nitrogens with zero attached hydrogens (tertiary/aromatic N) is 1. The van der Waals surface area contributed by atoms with Gasteiger partial charge in [-0.05, 0) is 43.3 Å². The zero-order chi connectivity index (χ0) is 19.1. The predicted molar refractivity (Wildman–Crippen MR) is 102 cm³/mol. The van der Waals surface area contributed by atoms with Crippen LogP contribution in [0.25, 0.3) is 6.08 Å². The fraction of sp³-hybridized carbons (Fsp3) is 0.105. The third-order valence-electron chi connectivity index (χ3n) is 3.32. The van der Waals surface area contributed by atoms with Gasteiger partial charge < -0.3 is 15.8 Å². The first kappa shape index (κ1) is 19.2. The van der Waals surface area contributed by atoms with Crippen molar-refractivity contribution in [2.45, 2.75) is 6.92 Å². The van der Waals surface area contributed by atoms with Crippen LogP contribution in [0.15, 0.2) is 52.5 Å². The van der Waals surface area contributed by atoms with Gasteiger partial charge in [0.1, 0.15) is 17.4 Å². The normalized spacial score (nSPS) is 10.7. The van der Waals surface area contributed by atoms with Crippen LogP contribution in [0.2, 0.25) is 0 Å². The number of carbonyl (C=O) groups excluding carboxylic acids is 2. The van der Waals surface area contributed by atoms with Crippen molar-refractivity contribution in [1.29, 1.82) is 5.26 Å². The third kappa shape index (κ3) is 5.46. The molecule has 2 amide bonds. The lowest BCUT2D eigenvalue weighted by atomic mass is 10.1. The second-order valence-electron chi connectivity index (χ2n) is 5.43. The van der Waals surface area contributed by atoms with Crippen molar-refractivity contribution in [3.63, 3.8) is 0 Å². The fourth-order valence-electron chi connectivity index (χ4n) is 2.05. The summed E-state index contributed by atoms with van der Waals surface area (Å²) in [4.78, 5) is 23.3. The average molecular weight is 414 g/mol. The molecular weight excluding hydrogens is 398 g/mol. The molecule has 2 aromatic rings. The van der Waals surface area contributed by atoms with Crippen LogP contribution in [0.5, 0.6) is 5.75 Å². The standard InChI is InChI=1S/C19H16BrN3O3/c1-12-2-5-16(6-3-12)23-19(25)14(10-21)8-13-9-15(20)4-7-17(13)26-11-18(22)24/h2-9H,11H2,1H3,(H2,22,24)(H,23,25)/b14-8+. The Bertz CT molecular complexity index is 899. The average Bonchev–Trinajstić information content (AvgIpc) is 2.60. The van der Waals surface area contributed by atoms with E-state index in [0.717, 1.165) is 10.0 Å². The Morgan fingerprint density at radius 2 is 1.96 bits per heavy atom. The molecule has 6 nitrogen and oxygen atoms in total. The highest BCUT2D eigenvalue weighted by molar-refractivity contribution is 9.10. The van der Waals surface area contributed by atoms with Crippen molar-refractivity contribution in [2.75, 3.05) is 11.9 Å². The van der Waals surface area contributed by atoms with Gasteiger partial charge in [-0.15, -0.1) is 0 Å². The summed E-state index contributed by atoms with van der Waals surface area (Å²) in [7, 11) is 0. The summed E-state index contributed by atoms with van der Waals surface area (Å²) in [5, 5.41) is 12.0. The van der Waals surface area contributed by atoms with Gasteiger partial charge >= 0.3 is 0 Å². The van der Waals surface area contributed by atoms with Crippen LogP contribution >= 0.6 is 15.9 Å². The molecule has 2 aromatic carbocycles. The van der Waals surface area contributed by atoms with Crippen molar-refractivity contribution >= 4 is 39.5 Å². The maximum atomic E-state index is 12.4. The van der Waals surface area contributed by atoms with Crippen molar-refractivity contribution in [1.82, 2.24) is 0 Å². The Morgan fingerprint density at radius 3 is 2.58 bits per heavy atom. The van der Waals surface area contributed by atoms with E-state index in [4.69, 9.17) is 10.5 Å². The van der Waals surface area contributed by atoms with E-state index in [-0.39, 0.29) is 12.2 Å². The molecule has 0 spiro atoms. The Hall–Kier alpha value is -3.11. The van der Waals surface area contributed by atoms with Crippen LogP contribution in [0.3, 0.4) is 0 Å². The molecule has 0 bridgehead atoms. The number of nitriles is 1. The zero-order valence-electron chi connectivity index (χ0n) is 14.0. The van der Waals surface area contributed by atoms with E-state index in [9.17, 15) is 14.9 Å². The van der Waals surface area contributed by atoms with Gasteiger partial charge in [0.05, 0.1) is 0 Å². The number of benzene rings is 2. The highest BCUT2D eigenvalue weighted by atomic mass is 79.9. The first-order valence-electron chi connectivity index (χ1n) is 7.59. The number of ether oxygens (including phenoxy) is 1. The van der Waals surface area contributed by atoms with E-state index in [1.807, 2.05) is 25.1 Å². The summed E-state index contributed by atoms with van der Waals surface area (Å²) in [6, 6.07) is 14.1. The molecule has 0 aliphatic heterocycles. The van der Waals surface area contributed by atoms with Gasteiger partial charge in [-0.3, -0.25) is 9.59 Å². The summed E-state index contributed by atoms with van der Waals surface area (Å²) in [6.45, 7) is 1.63. The first-order chi connectivity index (χ1) is 12.4. The number of amides is 2. The molecule has 0 aromatic heterocycles. The highest BCUT2D eigenvalue weighted by Crippen LogP contribution is 2.26. The van der Waals surface area contributed by atoms with Gasteiger partial charge in [0, 0.05) is 15.7 Å². The maximum absolute atomic E-state index is 12.4. The number of hydrogen-bond acceptors (Lipinski definition) is 4. The Kier molecular flexibility index (Phi) is 6.53. The number of rotatable bonds is 6. The molecule has 0 aliphatic carbocycles. The molecule has 26 heavy (non-hydrogen) atoms. The van der Waals surface area contributed by atoms with Crippen LogP contribution in [0.4, 0.5) is 5.69 Å². The number of aryl methyl sites for hydroxylation is 1. The second-order valence-corrected chi connectivity index (χ2v) is 6.34. The number of carbonyl (C=O) groups is 2. The van der Waals surface area contributed by atoms with Gasteiger partial charge in [-0.25, -0.2) is 0 Å². The molecule has 7 heteroatoms.